The molecular weight excluding hydrogens is 731 g/mol. The third-order valence-electron chi connectivity index (χ3n) is 10.1. The molecule has 2 aromatic heterocycles. The van der Waals surface area contributed by atoms with Crippen LogP contribution in [-0.2, 0) is 37.3 Å². The number of aryl methyl sites for hydroxylation is 1. The molecule has 53 heavy (non-hydrogen) atoms. The summed E-state index contributed by atoms with van der Waals surface area (Å²) in [7, 11) is -4.66. The number of nitrogens with zero attached hydrogens (tertiary/aromatic N) is 3. The lowest BCUT2D eigenvalue weighted by Gasteiger charge is -2.38. The maximum atomic E-state index is 14.0. The molecule has 1 amide bonds. The van der Waals surface area contributed by atoms with Crippen LogP contribution in [0.5, 0.6) is 5.75 Å². The van der Waals surface area contributed by atoms with Crippen LogP contribution in [0.3, 0.4) is 0 Å². The maximum absolute atomic E-state index is 14.0. The first kappa shape index (κ1) is 39.0. The molecule has 0 saturated carbocycles. The van der Waals surface area contributed by atoms with Gasteiger partial charge < -0.3 is 44.7 Å². The predicted molar refractivity (Wildman–Crippen MR) is 191 cm³/mol. The second-order valence-electron chi connectivity index (χ2n) is 13.9. The van der Waals surface area contributed by atoms with Crippen LogP contribution in [0.1, 0.15) is 56.8 Å². The molecule has 2 aliphatic heterocycles. The van der Waals surface area contributed by atoms with Gasteiger partial charge in [0, 0.05) is 23.7 Å². The monoisotopic (exact) mass is 775 g/mol. The van der Waals surface area contributed by atoms with Crippen molar-refractivity contribution in [2.45, 2.75) is 101 Å². The molecule has 16 nitrogen and oxygen atoms in total. The number of hydrogen-bond acceptors (Lipinski definition) is 14. The highest BCUT2D eigenvalue weighted by Crippen LogP contribution is 2.55. The molecule has 2 saturated heterocycles. The number of carbonyl (C=O) groups excluding carboxylic acids is 1. The zero-order valence-electron chi connectivity index (χ0n) is 30.0. The molecule has 6 N–H and O–H groups in total. The van der Waals surface area contributed by atoms with E-state index in [0.717, 1.165) is 10.7 Å². The number of fused-ring (bicyclic) bond motifs is 2. The Morgan fingerprint density at radius 2 is 1.94 bits per heavy atom. The van der Waals surface area contributed by atoms with Gasteiger partial charge in [0.15, 0.2) is 11.4 Å². The lowest BCUT2D eigenvalue weighted by atomic mass is 9.80. The van der Waals surface area contributed by atoms with Crippen molar-refractivity contribution in [2.24, 2.45) is 5.92 Å². The van der Waals surface area contributed by atoms with Gasteiger partial charge in [-0.1, -0.05) is 19.1 Å². The van der Waals surface area contributed by atoms with E-state index in [9.17, 15) is 33.6 Å². The summed E-state index contributed by atoms with van der Waals surface area (Å²) in [4.78, 5) is 17.8. The van der Waals surface area contributed by atoms with Gasteiger partial charge in [-0.15, -0.1) is 15.6 Å². The second-order valence-corrected chi connectivity index (χ2v) is 16.8. The molecule has 0 bridgehead atoms. The predicted octanol–water partition coefficient (Wildman–Crippen LogP) is 2.89. The fraction of sp³-hybridized carbons (Fsp3) is 0.514. The van der Waals surface area contributed by atoms with Crippen molar-refractivity contribution in [1.29, 1.82) is 0 Å². The van der Waals surface area contributed by atoms with E-state index in [2.05, 4.69) is 20.5 Å². The van der Waals surface area contributed by atoms with E-state index >= 15 is 0 Å². The summed E-state index contributed by atoms with van der Waals surface area (Å²) in [6, 6.07) is 9.68. The van der Waals surface area contributed by atoms with Gasteiger partial charge in [0.2, 0.25) is 21.7 Å². The number of hydrogen-bond donors (Lipinski definition) is 6. The maximum Gasteiger partial charge on any atom is 0.408 e. The molecule has 2 aliphatic rings. The van der Waals surface area contributed by atoms with Crippen molar-refractivity contribution < 1.29 is 52.6 Å². The largest absolute Gasteiger partial charge is 0.487 e. The van der Waals surface area contributed by atoms with E-state index in [1.54, 1.807) is 31.2 Å². The quantitative estimate of drug-likeness (QED) is 0.102. The lowest BCUT2D eigenvalue weighted by molar-refractivity contribution is -0.306. The minimum atomic E-state index is -4.66. The molecule has 0 spiro atoms. The third kappa shape index (κ3) is 7.78. The average molecular weight is 776 g/mol. The van der Waals surface area contributed by atoms with Crippen molar-refractivity contribution in [3.8, 4) is 5.75 Å². The van der Waals surface area contributed by atoms with Gasteiger partial charge in [0.25, 0.3) is 0 Å². The third-order valence-corrected chi connectivity index (χ3v) is 12.8. The van der Waals surface area contributed by atoms with Gasteiger partial charge in [-0.05, 0) is 76.4 Å². The molecule has 2 aromatic carbocycles. The Labute approximate surface area is 310 Å². The zero-order valence-corrected chi connectivity index (χ0v) is 31.6. The summed E-state index contributed by atoms with van der Waals surface area (Å²) < 4.78 is 51.7. The Hall–Kier alpha value is -3.72. The van der Waals surface area contributed by atoms with E-state index in [1.165, 1.54) is 56.5 Å². The van der Waals surface area contributed by atoms with Crippen molar-refractivity contribution >= 4 is 38.4 Å². The highest BCUT2D eigenvalue weighted by molar-refractivity contribution is 7.89. The summed E-state index contributed by atoms with van der Waals surface area (Å²) in [6.45, 7) is 7.57. The SMILES string of the molecule is CCC(O)(O)N(CC(O)C(Cc1ccc(OCc2csc(C)n2)cc1)NC(=O)OC1(C)C2CCOC2(C)OC1(C)O)S(=O)(=O)c1ccc2[nH]ncc2c1. The smallest absolute Gasteiger partial charge is 0.408 e. The Morgan fingerprint density at radius 1 is 1.21 bits per heavy atom. The molecular formula is C35H45N5O11S2. The summed E-state index contributed by atoms with van der Waals surface area (Å²) in [5.41, 5.74) is 0.376. The molecule has 0 aliphatic carbocycles. The number of rotatable bonds is 14. The van der Waals surface area contributed by atoms with Crippen molar-refractivity contribution in [3.63, 3.8) is 0 Å². The van der Waals surface area contributed by atoms with Crippen LogP contribution in [0, 0.1) is 12.8 Å². The van der Waals surface area contributed by atoms with Gasteiger partial charge in [-0.2, -0.15) is 5.10 Å². The molecule has 6 atom stereocenters. The van der Waals surface area contributed by atoms with E-state index in [1.807, 2.05) is 12.3 Å². The fourth-order valence-corrected chi connectivity index (χ4v) is 9.22. The summed E-state index contributed by atoms with van der Waals surface area (Å²) in [5, 5.41) is 57.6. The highest BCUT2D eigenvalue weighted by Gasteiger charge is 2.70. The van der Waals surface area contributed by atoms with Crippen LogP contribution in [0.4, 0.5) is 4.79 Å². The number of aromatic nitrogens is 3. The molecule has 288 valence electrons. The number of nitrogens with one attached hydrogen (secondary N) is 2. The first-order chi connectivity index (χ1) is 24.9. The summed E-state index contributed by atoms with van der Waals surface area (Å²) >= 11 is 1.51. The number of thiazole rings is 1. The molecule has 4 aromatic rings. The molecule has 18 heteroatoms. The number of amides is 1. The molecule has 2 fully saturated rings. The normalized spacial score (nSPS) is 25.7. The van der Waals surface area contributed by atoms with Crippen molar-refractivity contribution in [2.75, 3.05) is 13.2 Å². The van der Waals surface area contributed by atoms with Gasteiger partial charge in [-0.25, -0.2) is 18.2 Å². The van der Waals surface area contributed by atoms with Crippen LogP contribution >= 0.6 is 11.3 Å². The number of aliphatic hydroxyl groups excluding tert-OH is 1. The van der Waals surface area contributed by atoms with E-state index in [0.29, 0.717) is 39.5 Å². The number of ether oxygens (including phenoxy) is 4. The molecule has 6 unspecified atom stereocenters. The van der Waals surface area contributed by atoms with E-state index < -0.39 is 70.2 Å². The Bertz CT molecular complexity index is 2040. The number of alkyl carbamates (subject to hydrolysis) is 1. The lowest BCUT2D eigenvalue weighted by Crippen LogP contribution is -2.59. The summed E-state index contributed by atoms with van der Waals surface area (Å²) in [5.74, 6) is -6.07. The molecule has 6 rings (SSSR count). The van der Waals surface area contributed by atoms with E-state index in [-0.39, 0.29) is 17.9 Å². The number of aliphatic hydroxyl groups is 4. The molecule has 0 radical (unpaired) electrons. The van der Waals surface area contributed by atoms with E-state index in [4.69, 9.17) is 18.9 Å². The second kappa shape index (κ2) is 14.5. The summed E-state index contributed by atoms with van der Waals surface area (Å²) in [6.07, 6.45) is -1.41. The first-order valence-corrected chi connectivity index (χ1v) is 19.5. The van der Waals surface area contributed by atoms with Gasteiger partial charge >= 0.3 is 6.09 Å². The van der Waals surface area contributed by atoms with Crippen LogP contribution in [0.2, 0.25) is 0 Å². The van der Waals surface area contributed by atoms with Gasteiger partial charge in [0.05, 0.1) is 52.0 Å². The minimum Gasteiger partial charge on any atom is -0.487 e. The van der Waals surface area contributed by atoms with Crippen molar-refractivity contribution in [3.05, 3.63) is 70.3 Å². The number of benzene rings is 2. The van der Waals surface area contributed by atoms with Crippen LogP contribution in [0.25, 0.3) is 10.9 Å². The Kier molecular flexibility index (Phi) is 10.7. The van der Waals surface area contributed by atoms with Crippen molar-refractivity contribution in [1.82, 2.24) is 24.8 Å². The fourth-order valence-electron chi connectivity index (χ4n) is 6.99. The van der Waals surface area contributed by atoms with Crippen LogP contribution in [-0.4, -0.2) is 103 Å². The Balaban J connectivity index is 1.26. The standard InChI is InChI=1S/C35H45N5O11S2/c1-6-35(44,45)40(53(46,47)26-11-12-27-23(16-26)17-36-39-27)18-29(41)28(15-22-7-9-25(10-8-22)48-19-24-20-52-21(2)37-24)38-31(42)50-32(3)30-13-14-49-33(30,4)51-34(32,5)43/h7-12,16-17,20,28-30,41,43-45H,6,13-15,18-19H2,1-5H3,(H,36,39)(H,38,42). The van der Waals surface area contributed by atoms with Gasteiger partial charge in [-0.3, -0.25) is 5.10 Å². The number of H-pyrrole nitrogens is 1. The Morgan fingerprint density at radius 3 is 2.62 bits per heavy atom. The number of carbonyl (C=O) groups is 1. The number of sulfonamides is 1. The minimum absolute atomic E-state index is 0.0550. The molecule has 4 heterocycles. The average Bonchev–Trinajstić information content (AvgIpc) is 3.87. The van der Waals surface area contributed by atoms with Crippen LogP contribution < -0.4 is 10.1 Å². The topological polar surface area (TPSA) is 226 Å². The van der Waals surface area contributed by atoms with Gasteiger partial charge in [0.1, 0.15) is 12.4 Å². The number of aromatic amines is 1. The zero-order chi connectivity index (χ0) is 38.4. The van der Waals surface area contributed by atoms with Crippen LogP contribution in [0.15, 0.2) is 58.9 Å². The highest BCUT2D eigenvalue weighted by atomic mass is 32.2. The first-order valence-electron chi connectivity index (χ1n) is 17.1.